The highest BCUT2D eigenvalue weighted by Gasteiger charge is 2.34. The zero-order chi connectivity index (χ0) is 15.1. The molecule has 0 spiro atoms. The Kier molecular flexibility index (Phi) is 4.30. The van der Waals surface area contributed by atoms with Crippen molar-refractivity contribution in [3.05, 3.63) is 22.7 Å². The van der Waals surface area contributed by atoms with Gasteiger partial charge in [0.2, 0.25) is 10.0 Å². The monoisotopic (exact) mass is 318 g/mol. The Morgan fingerprint density at radius 2 is 2.10 bits per heavy atom. The van der Waals surface area contributed by atoms with Gasteiger partial charge in [-0.05, 0) is 37.0 Å². The van der Waals surface area contributed by atoms with E-state index in [0.29, 0.717) is 18.7 Å². The fourth-order valence-corrected chi connectivity index (χ4v) is 4.31. The lowest BCUT2D eigenvalue weighted by molar-refractivity contribution is 0.0605. The molecule has 2 atom stereocenters. The molecule has 1 aliphatic heterocycles. The van der Waals surface area contributed by atoms with Crippen LogP contribution >= 0.6 is 11.6 Å². The van der Waals surface area contributed by atoms with Crippen LogP contribution in [0.1, 0.15) is 18.9 Å². The average molecular weight is 319 g/mol. The highest BCUT2D eigenvalue weighted by atomic mass is 35.5. The first-order valence-electron chi connectivity index (χ1n) is 6.47. The van der Waals surface area contributed by atoms with Crippen LogP contribution in [0.5, 0.6) is 0 Å². The molecule has 0 aliphatic carbocycles. The van der Waals surface area contributed by atoms with Gasteiger partial charge in [0.25, 0.3) is 0 Å². The number of nitrogens with zero attached hydrogens (tertiary/aromatic N) is 1. The fourth-order valence-electron chi connectivity index (χ4n) is 2.24. The molecule has 1 aliphatic rings. The first-order chi connectivity index (χ1) is 9.23. The summed E-state index contributed by atoms with van der Waals surface area (Å²) >= 11 is 6.05. The molecule has 2 rings (SSSR count). The molecule has 0 aromatic heterocycles. The Labute approximate surface area is 124 Å². The number of sulfonamides is 1. The van der Waals surface area contributed by atoms with E-state index in [4.69, 9.17) is 17.3 Å². The van der Waals surface area contributed by atoms with E-state index in [9.17, 15) is 13.5 Å². The maximum Gasteiger partial charge on any atom is 0.244 e. The van der Waals surface area contributed by atoms with Gasteiger partial charge >= 0.3 is 0 Å². The van der Waals surface area contributed by atoms with E-state index in [1.807, 2.05) is 6.92 Å². The largest absolute Gasteiger partial charge is 0.398 e. The molecular formula is C13H19ClN2O3S. The summed E-state index contributed by atoms with van der Waals surface area (Å²) in [6.45, 7) is 4.15. The Balaban J connectivity index is 2.38. The van der Waals surface area contributed by atoms with Crippen molar-refractivity contribution in [2.24, 2.45) is 5.92 Å². The van der Waals surface area contributed by atoms with E-state index in [-0.39, 0.29) is 22.4 Å². The quantitative estimate of drug-likeness (QED) is 0.812. The maximum absolute atomic E-state index is 12.6. The normalized spacial score (nSPS) is 24.8. The van der Waals surface area contributed by atoms with Gasteiger partial charge in [0.15, 0.2) is 0 Å². The van der Waals surface area contributed by atoms with Crippen molar-refractivity contribution in [1.82, 2.24) is 4.31 Å². The highest BCUT2D eigenvalue weighted by Crippen LogP contribution is 2.31. The molecule has 1 saturated heterocycles. The van der Waals surface area contributed by atoms with Crippen LogP contribution in [0.4, 0.5) is 5.69 Å². The Morgan fingerprint density at radius 1 is 1.45 bits per heavy atom. The fraction of sp³-hybridized carbons (Fsp3) is 0.538. The van der Waals surface area contributed by atoms with Crippen molar-refractivity contribution in [3.63, 3.8) is 0 Å². The summed E-state index contributed by atoms with van der Waals surface area (Å²) < 4.78 is 26.5. The molecule has 1 aromatic carbocycles. The van der Waals surface area contributed by atoms with Gasteiger partial charge in [-0.3, -0.25) is 0 Å². The third-order valence-corrected chi connectivity index (χ3v) is 6.15. The summed E-state index contributed by atoms with van der Waals surface area (Å²) in [7, 11) is -3.73. The van der Waals surface area contributed by atoms with E-state index in [2.05, 4.69) is 0 Å². The first-order valence-corrected chi connectivity index (χ1v) is 8.29. The molecule has 2 unspecified atom stereocenters. The van der Waals surface area contributed by atoms with Crippen LogP contribution in [-0.2, 0) is 10.0 Å². The smallest absolute Gasteiger partial charge is 0.244 e. The van der Waals surface area contributed by atoms with Crippen LogP contribution < -0.4 is 5.73 Å². The molecule has 1 aromatic rings. The van der Waals surface area contributed by atoms with Gasteiger partial charge in [-0.2, -0.15) is 4.31 Å². The van der Waals surface area contributed by atoms with Crippen LogP contribution in [-0.4, -0.2) is 37.0 Å². The predicted molar refractivity (Wildman–Crippen MR) is 79.1 cm³/mol. The number of aryl methyl sites for hydroxylation is 1. The minimum atomic E-state index is -3.73. The van der Waals surface area contributed by atoms with Crippen molar-refractivity contribution in [3.8, 4) is 0 Å². The lowest BCUT2D eigenvalue weighted by Gasteiger charge is -2.33. The number of benzene rings is 1. The summed E-state index contributed by atoms with van der Waals surface area (Å²) in [6.07, 6.45) is -0.0283. The van der Waals surface area contributed by atoms with Crippen molar-refractivity contribution in [2.75, 3.05) is 18.8 Å². The zero-order valence-corrected chi connectivity index (χ0v) is 13.1. The maximum atomic E-state index is 12.6. The molecular weight excluding hydrogens is 300 g/mol. The molecule has 20 heavy (non-hydrogen) atoms. The number of anilines is 1. The number of nitrogens with two attached hydrogens (primary N) is 1. The van der Waals surface area contributed by atoms with Gasteiger partial charge in [-0.1, -0.05) is 18.5 Å². The molecule has 0 radical (unpaired) electrons. The number of hydrogen-bond acceptors (Lipinski definition) is 4. The van der Waals surface area contributed by atoms with E-state index in [0.717, 1.165) is 5.56 Å². The summed E-state index contributed by atoms with van der Waals surface area (Å²) in [5.41, 5.74) is 6.90. The van der Waals surface area contributed by atoms with E-state index >= 15 is 0 Å². The lowest BCUT2D eigenvalue weighted by atomic mass is 9.98. The van der Waals surface area contributed by atoms with Gasteiger partial charge in [-0.15, -0.1) is 0 Å². The number of halogens is 1. The van der Waals surface area contributed by atoms with Crippen LogP contribution in [0.15, 0.2) is 17.0 Å². The molecule has 112 valence electrons. The number of piperidine rings is 1. The second-order valence-corrected chi connectivity index (χ2v) is 7.65. The standard InChI is InChI=1S/C13H19ClN2O3S/c1-8-3-4-16(7-12(8)17)20(18,19)13-6-11(15)9(2)5-10(13)14/h5-6,8,12,17H,3-4,7,15H2,1-2H3. The number of aliphatic hydroxyl groups is 1. The van der Waals surface area contributed by atoms with Gasteiger partial charge in [-0.25, -0.2) is 8.42 Å². The van der Waals surface area contributed by atoms with E-state index in [1.165, 1.54) is 10.4 Å². The number of hydrogen-bond donors (Lipinski definition) is 2. The SMILES string of the molecule is Cc1cc(Cl)c(S(=O)(=O)N2CCC(C)C(O)C2)cc1N. The molecule has 0 amide bonds. The molecule has 1 heterocycles. The molecule has 5 nitrogen and oxygen atoms in total. The number of aliphatic hydroxyl groups excluding tert-OH is 1. The second kappa shape index (κ2) is 5.52. The topological polar surface area (TPSA) is 83.6 Å². The third-order valence-electron chi connectivity index (χ3n) is 3.82. The van der Waals surface area contributed by atoms with Crippen molar-refractivity contribution >= 4 is 27.3 Å². The second-order valence-electron chi connectivity index (χ2n) is 5.34. The number of rotatable bonds is 2. The summed E-state index contributed by atoms with van der Waals surface area (Å²) in [5, 5.41) is 10.0. The first kappa shape index (κ1) is 15.6. The highest BCUT2D eigenvalue weighted by molar-refractivity contribution is 7.89. The van der Waals surface area contributed by atoms with Crippen molar-refractivity contribution in [1.29, 1.82) is 0 Å². The van der Waals surface area contributed by atoms with Gasteiger partial charge in [0, 0.05) is 18.8 Å². The number of β-amino-alcohol motifs (C(OH)–C–C–N with tert-alkyl or cyclic N) is 1. The van der Waals surface area contributed by atoms with Crippen LogP contribution in [0.25, 0.3) is 0 Å². The number of nitrogen functional groups attached to an aromatic ring is 1. The van der Waals surface area contributed by atoms with E-state index in [1.54, 1.807) is 13.0 Å². The molecule has 0 bridgehead atoms. The summed E-state index contributed by atoms with van der Waals surface area (Å²) in [5.74, 6) is 0.0972. The van der Waals surface area contributed by atoms with Crippen LogP contribution in [0, 0.1) is 12.8 Å². The summed E-state index contributed by atoms with van der Waals surface area (Å²) in [4.78, 5) is 0.00372. The Bertz CT molecular complexity index is 618. The average Bonchev–Trinajstić information content (AvgIpc) is 2.36. The molecule has 3 N–H and O–H groups in total. The molecule has 7 heteroatoms. The van der Waals surface area contributed by atoms with Crippen LogP contribution in [0.3, 0.4) is 0 Å². The summed E-state index contributed by atoms with van der Waals surface area (Å²) in [6, 6.07) is 2.93. The van der Waals surface area contributed by atoms with Gasteiger partial charge in [0.1, 0.15) is 4.90 Å². The van der Waals surface area contributed by atoms with Crippen molar-refractivity contribution in [2.45, 2.75) is 31.3 Å². The third kappa shape index (κ3) is 2.79. The zero-order valence-electron chi connectivity index (χ0n) is 11.5. The van der Waals surface area contributed by atoms with E-state index < -0.39 is 16.1 Å². The predicted octanol–water partition coefficient (Wildman–Crippen LogP) is 1.62. The Morgan fingerprint density at radius 3 is 2.70 bits per heavy atom. The minimum Gasteiger partial charge on any atom is -0.398 e. The van der Waals surface area contributed by atoms with Gasteiger partial charge in [0.05, 0.1) is 11.1 Å². The van der Waals surface area contributed by atoms with Crippen molar-refractivity contribution < 1.29 is 13.5 Å². The lowest BCUT2D eigenvalue weighted by Crippen LogP contribution is -2.45. The minimum absolute atomic E-state index is 0.00372. The van der Waals surface area contributed by atoms with Crippen LogP contribution in [0.2, 0.25) is 5.02 Å². The molecule has 0 saturated carbocycles. The Hall–Kier alpha value is -0.820. The van der Waals surface area contributed by atoms with Gasteiger partial charge < -0.3 is 10.8 Å². The molecule has 1 fully saturated rings.